The van der Waals surface area contributed by atoms with E-state index >= 15 is 0 Å². The molecular formula is C25H26N4O3S. The Balaban J connectivity index is 1.53. The van der Waals surface area contributed by atoms with E-state index in [0.717, 1.165) is 29.7 Å². The molecule has 33 heavy (non-hydrogen) atoms. The van der Waals surface area contributed by atoms with Crippen molar-refractivity contribution >= 4 is 15.7 Å². The maximum absolute atomic E-state index is 12.9. The maximum atomic E-state index is 12.9. The normalized spacial score (nSPS) is 11.5. The van der Waals surface area contributed by atoms with Crippen LogP contribution in [0.5, 0.6) is 0 Å². The molecule has 0 bridgehead atoms. The van der Waals surface area contributed by atoms with Crippen molar-refractivity contribution in [3.05, 3.63) is 106 Å². The van der Waals surface area contributed by atoms with Gasteiger partial charge in [0.15, 0.2) is 5.82 Å². The molecule has 0 amide bonds. The van der Waals surface area contributed by atoms with Gasteiger partial charge in [0.1, 0.15) is 0 Å². The number of hydrogen-bond acceptors (Lipinski definition) is 4. The zero-order valence-corrected chi connectivity index (χ0v) is 19.4. The van der Waals surface area contributed by atoms with E-state index in [1.165, 1.54) is 10.9 Å². The molecule has 0 spiro atoms. The maximum Gasteiger partial charge on any atom is 0.276 e. The van der Waals surface area contributed by atoms with Crippen molar-refractivity contribution in [2.75, 3.05) is 4.72 Å². The summed E-state index contributed by atoms with van der Waals surface area (Å²) in [5.74, 6) is 0.384. The van der Waals surface area contributed by atoms with Crippen molar-refractivity contribution in [2.45, 2.75) is 38.0 Å². The number of aromatic nitrogens is 3. The van der Waals surface area contributed by atoms with Crippen molar-refractivity contribution in [2.24, 2.45) is 0 Å². The third-order valence-electron chi connectivity index (χ3n) is 5.42. The largest absolute Gasteiger partial charge is 0.294 e. The number of nitrogens with zero attached hydrogens (tertiary/aromatic N) is 2. The summed E-state index contributed by atoms with van der Waals surface area (Å²) in [7, 11) is -3.73. The Morgan fingerprint density at radius 3 is 2.33 bits per heavy atom. The summed E-state index contributed by atoms with van der Waals surface area (Å²) in [5, 5.41) is 3.06. The lowest BCUT2D eigenvalue weighted by Crippen LogP contribution is -2.19. The molecule has 2 aromatic heterocycles. The van der Waals surface area contributed by atoms with Crippen LogP contribution in [0.25, 0.3) is 5.82 Å². The second-order valence-corrected chi connectivity index (χ2v) is 9.61. The van der Waals surface area contributed by atoms with Crippen molar-refractivity contribution in [3.8, 4) is 5.82 Å². The lowest BCUT2D eigenvalue weighted by molar-refractivity contribution is 0.601. The number of hydrogen-bond donors (Lipinski definition) is 2. The first kappa shape index (κ1) is 22.5. The number of aromatic amines is 1. The average molecular weight is 463 g/mol. The minimum absolute atomic E-state index is 0.177. The van der Waals surface area contributed by atoms with E-state index in [1.807, 2.05) is 49.4 Å². The number of aryl methyl sites for hydroxylation is 2. The number of H-pyrrole nitrogens is 1. The number of nitrogens with one attached hydrogen (secondary N) is 2. The molecule has 0 aliphatic carbocycles. The Bertz CT molecular complexity index is 1390. The fourth-order valence-corrected chi connectivity index (χ4v) is 4.71. The molecule has 0 saturated heterocycles. The summed E-state index contributed by atoms with van der Waals surface area (Å²) < 4.78 is 29.3. The number of benzene rings is 2. The number of anilines is 1. The van der Waals surface area contributed by atoms with Gasteiger partial charge in [-0.2, -0.15) is 0 Å². The summed E-state index contributed by atoms with van der Waals surface area (Å²) in [6.45, 7) is 3.93. The number of pyridine rings is 1. The highest BCUT2D eigenvalue weighted by Gasteiger charge is 2.16. The first-order valence-corrected chi connectivity index (χ1v) is 12.3. The Labute approximate surface area is 193 Å². The number of rotatable bonds is 8. The predicted molar refractivity (Wildman–Crippen MR) is 129 cm³/mol. The molecule has 2 N–H and O–H groups in total. The molecule has 0 fully saturated rings. The molecule has 0 radical (unpaired) electrons. The third-order valence-corrected chi connectivity index (χ3v) is 6.82. The van der Waals surface area contributed by atoms with E-state index in [1.54, 1.807) is 24.3 Å². The molecule has 0 atom stereocenters. The van der Waals surface area contributed by atoms with Crippen LogP contribution in [-0.4, -0.2) is 23.2 Å². The summed E-state index contributed by atoms with van der Waals surface area (Å²) in [6.07, 6.45) is 3.82. The smallest absolute Gasteiger partial charge is 0.276 e. The zero-order valence-electron chi connectivity index (χ0n) is 18.6. The molecule has 4 rings (SSSR count). The minimum atomic E-state index is -3.73. The molecule has 2 aromatic carbocycles. The summed E-state index contributed by atoms with van der Waals surface area (Å²) in [4.78, 5) is 17.4. The van der Waals surface area contributed by atoms with E-state index in [0.29, 0.717) is 23.5 Å². The SMILES string of the molecule is CCCc1ccc(S(=O)(=O)Nc2ccc(-n3[nH]c(C)c(Cc4ccccc4)c3=O)nc2)cc1. The predicted octanol–water partition coefficient (Wildman–Crippen LogP) is 4.21. The van der Waals surface area contributed by atoms with E-state index < -0.39 is 10.0 Å². The van der Waals surface area contributed by atoms with Crippen molar-refractivity contribution in [1.82, 2.24) is 14.8 Å². The fourth-order valence-electron chi connectivity index (χ4n) is 3.67. The van der Waals surface area contributed by atoms with Crippen LogP contribution in [-0.2, 0) is 22.9 Å². The standard InChI is InChI=1S/C25H26N4O3S/c1-3-7-19-10-13-22(14-11-19)33(31,32)28-21-12-15-24(26-17-21)29-25(30)23(18(2)27-29)16-20-8-5-4-6-9-20/h4-6,8-15,17,27-28H,3,7,16H2,1-2H3. The highest BCUT2D eigenvalue weighted by molar-refractivity contribution is 7.92. The molecule has 0 saturated carbocycles. The van der Waals surface area contributed by atoms with Gasteiger partial charge in [-0.15, -0.1) is 0 Å². The van der Waals surface area contributed by atoms with Crippen LogP contribution in [0, 0.1) is 6.92 Å². The summed E-state index contributed by atoms with van der Waals surface area (Å²) in [6, 6.07) is 19.8. The fraction of sp³-hybridized carbons (Fsp3) is 0.200. The van der Waals surface area contributed by atoms with Gasteiger partial charge < -0.3 is 0 Å². The van der Waals surface area contributed by atoms with E-state index in [4.69, 9.17) is 0 Å². The highest BCUT2D eigenvalue weighted by atomic mass is 32.2. The van der Waals surface area contributed by atoms with Gasteiger partial charge >= 0.3 is 0 Å². The zero-order chi connectivity index (χ0) is 23.4. The van der Waals surface area contributed by atoms with Gasteiger partial charge in [-0.25, -0.2) is 18.1 Å². The minimum Gasteiger partial charge on any atom is -0.294 e. The average Bonchev–Trinajstić information content (AvgIpc) is 3.09. The van der Waals surface area contributed by atoms with E-state index in [9.17, 15) is 13.2 Å². The van der Waals surface area contributed by atoms with Crippen molar-refractivity contribution < 1.29 is 8.42 Å². The lowest BCUT2D eigenvalue weighted by atomic mass is 10.1. The summed E-state index contributed by atoms with van der Waals surface area (Å²) in [5.41, 5.74) is 3.72. The van der Waals surface area contributed by atoms with Crippen LogP contribution < -0.4 is 10.3 Å². The van der Waals surface area contributed by atoms with Crippen molar-refractivity contribution in [1.29, 1.82) is 0 Å². The Morgan fingerprint density at radius 1 is 0.970 bits per heavy atom. The van der Waals surface area contributed by atoms with Gasteiger partial charge in [0.2, 0.25) is 0 Å². The van der Waals surface area contributed by atoms with Crippen LogP contribution >= 0.6 is 0 Å². The molecule has 8 heteroatoms. The molecule has 0 unspecified atom stereocenters. The van der Waals surface area contributed by atoms with Gasteiger partial charge in [-0.1, -0.05) is 55.8 Å². The molecule has 7 nitrogen and oxygen atoms in total. The van der Waals surface area contributed by atoms with Crippen LogP contribution in [0.1, 0.15) is 35.7 Å². The second kappa shape index (κ2) is 9.46. The molecule has 2 heterocycles. The molecule has 0 aliphatic heterocycles. The Hall–Kier alpha value is -3.65. The van der Waals surface area contributed by atoms with Gasteiger partial charge in [0.05, 0.1) is 16.8 Å². The third kappa shape index (κ3) is 5.06. The van der Waals surface area contributed by atoms with Crippen LogP contribution in [0.2, 0.25) is 0 Å². The van der Waals surface area contributed by atoms with Crippen LogP contribution in [0.15, 0.2) is 82.6 Å². The number of sulfonamides is 1. The van der Waals surface area contributed by atoms with E-state index in [-0.39, 0.29) is 10.5 Å². The van der Waals surface area contributed by atoms with Gasteiger partial charge in [-0.05, 0) is 48.7 Å². The van der Waals surface area contributed by atoms with Crippen LogP contribution in [0.4, 0.5) is 5.69 Å². The lowest BCUT2D eigenvalue weighted by Gasteiger charge is -2.09. The highest BCUT2D eigenvalue weighted by Crippen LogP contribution is 2.18. The quantitative estimate of drug-likeness (QED) is 0.410. The van der Waals surface area contributed by atoms with Crippen molar-refractivity contribution in [3.63, 3.8) is 0 Å². The first-order valence-electron chi connectivity index (χ1n) is 10.8. The molecule has 170 valence electrons. The van der Waals surface area contributed by atoms with Crippen LogP contribution in [0.3, 0.4) is 0 Å². The molecule has 0 aliphatic rings. The van der Waals surface area contributed by atoms with Gasteiger partial charge in [0.25, 0.3) is 15.6 Å². The monoisotopic (exact) mass is 462 g/mol. The summed E-state index contributed by atoms with van der Waals surface area (Å²) >= 11 is 0. The topological polar surface area (TPSA) is 96.9 Å². The molecular weight excluding hydrogens is 436 g/mol. The Kier molecular flexibility index (Phi) is 6.46. The second-order valence-electron chi connectivity index (χ2n) is 7.92. The van der Waals surface area contributed by atoms with Gasteiger partial charge in [-0.3, -0.25) is 14.6 Å². The Morgan fingerprint density at radius 2 is 1.70 bits per heavy atom. The first-order chi connectivity index (χ1) is 15.9. The van der Waals surface area contributed by atoms with Gasteiger partial charge in [0, 0.05) is 17.7 Å². The molecule has 4 aromatic rings. The van der Waals surface area contributed by atoms with E-state index in [2.05, 4.69) is 21.7 Å².